The quantitative estimate of drug-likeness (QED) is 0.331. The van der Waals surface area contributed by atoms with Crippen LogP contribution in [0.3, 0.4) is 0 Å². The topological polar surface area (TPSA) is 78.4 Å². The summed E-state index contributed by atoms with van der Waals surface area (Å²) in [5, 5.41) is 3.73. The van der Waals surface area contributed by atoms with Gasteiger partial charge in [-0.25, -0.2) is 4.99 Å². The van der Waals surface area contributed by atoms with Gasteiger partial charge in [0.1, 0.15) is 6.61 Å². The molecule has 0 aromatic heterocycles. The Bertz CT molecular complexity index is 1390. The fourth-order valence-electron chi connectivity index (χ4n) is 3.82. The number of hydrogen-bond donors (Lipinski definition) is 1. The zero-order valence-electron chi connectivity index (χ0n) is 20.4. The first-order valence-corrected chi connectivity index (χ1v) is 13.1. The molecule has 7 nitrogen and oxygen atoms in total. The zero-order valence-corrected chi connectivity index (χ0v) is 21.9. The second-order valence-electron chi connectivity index (χ2n) is 8.24. The van der Waals surface area contributed by atoms with E-state index in [1.807, 2.05) is 55.5 Å². The molecule has 0 aliphatic carbocycles. The van der Waals surface area contributed by atoms with E-state index < -0.39 is 0 Å². The van der Waals surface area contributed by atoms with E-state index in [-0.39, 0.29) is 19.3 Å². The fourth-order valence-corrected chi connectivity index (χ4v) is 4.93. The number of fused-ring (bicyclic) bond motifs is 1. The van der Waals surface area contributed by atoms with Gasteiger partial charge in [0.15, 0.2) is 28.2 Å². The molecule has 0 unspecified atom stereocenters. The first kappa shape index (κ1) is 25.0. The highest BCUT2D eigenvalue weighted by molar-refractivity contribution is 8.18. The van der Waals surface area contributed by atoms with E-state index >= 15 is 0 Å². The maximum absolute atomic E-state index is 12.6. The lowest BCUT2D eigenvalue weighted by atomic mass is 10.1. The van der Waals surface area contributed by atoms with Gasteiger partial charge in [-0.05, 0) is 84.3 Å². The molecule has 190 valence electrons. The zero-order chi connectivity index (χ0) is 25.8. The number of ether oxygens (including phenoxy) is 4. The number of carbonyl (C=O) groups is 1. The third-order valence-electron chi connectivity index (χ3n) is 5.68. The van der Waals surface area contributed by atoms with E-state index in [0.717, 1.165) is 23.2 Å². The summed E-state index contributed by atoms with van der Waals surface area (Å²) in [6.45, 7) is 4.91. The molecule has 1 amide bonds. The van der Waals surface area contributed by atoms with Crippen LogP contribution in [-0.2, 0) is 17.8 Å². The van der Waals surface area contributed by atoms with Gasteiger partial charge < -0.3 is 24.3 Å². The number of nitrogens with zero attached hydrogens (tertiary/aromatic N) is 1. The summed E-state index contributed by atoms with van der Waals surface area (Å²) in [4.78, 5) is 17.7. The molecule has 3 aromatic carbocycles. The van der Waals surface area contributed by atoms with Crippen molar-refractivity contribution < 1.29 is 23.7 Å². The molecule has 2 aliphatic rings. The Hall–Kier alpha value is -3.62. The minimum atomic E-state index is -0.217. The summed E-state index contributed by atoms with van der Waals surface area (Å²) in [5.41, 5.74) is 3.64. The molecule has 0 atom stereocenters. The molecule has 0 radical (unpaired) electrons. The Balaban J connectivity index is 1.33. The molecule has 0 saturated carbocycles. The van der Waals surface area contributed by atoms with Gasteiger partial charge in [-0.2, -0.15) is 0 Å². The standard InChI is InChI=1S/C28H25ClN2O5S/c1-3-17-5-8-20(9-6-17)30-28-31-27(32)25(37-28)14-19-11-21(29)26(24(13-19)33-4-2)34-15-18-7-10-22-23(12-18)36-16-35-22/h5-14H,3-4,15-16H2,1-2H3,(H,30,31,32)/b25-14-. The first-order valence-electron chi connectivity index (χ1n) is 11.9. The van der Waals surface area contributed by atoms with E-state index in [0.29, 0.717) is 44.7 Å². The summed E-state index contributed by atoms with van der Waals surface area (Å²) in [7, 11) is 0. The van der Waals surface area contributed by atoms with E-state index in [9.17, 15) is 4.79 Å². The van der Waals surface area contributed by atoms with Gasteiger partial charge in [0.05, 0.1) is 22.2 Å². The number of halogens is 1. The largest absolute Gasteiger partial charge is 0.490 e. The lowest BCUT2D eigenvalue weighted by Crippen LogP contribution is -2.19. The smallest absolute Gasteiger partial charge is 0.264 e. The number of thioether (sulfide) groups is 1. The van der Waals surface area contributed by atoms with Crippen LogP contribution in [0, 0.1) is 0 Å². The summed E-state index contributed by atoms with van der Waals surface area (Å²) in [6.07, 6.45) is 2.72. The average Bonchev–Trinajstić information content (AvgIpc) is 3.49. The maximum atomic E-state index is 12.6. The van der Waals surface area contributed by atoms with Crippen LogP contribution < -0.4 is 24.3 Å². The average molecular weight is 537 g/mol. The number of hydrogen-bond acceptors (Lipinski definition) is 7. The monoisotopic (exact) mass is 536 g/mol. The number of benzene rings is 3. The van der Waals surface area contributed by atoms with Crippen LogP contribution >= 0.6 is 23.4 Å². The van der Waals surface area contributed by atoms with Gasteiger partial charge in [-0.15, -0.1) is 0 Å². The van der Waals surface area contributed by atoms with Crippen LogP contribution in [0.1, 0.15) is 30.5 Å². The summed E-state index contributed by atoms with van der Waals surface area (Å²) < 4.78 is 22.6. The highest BCUT2D eigenvalue weighted by Gasteiger charge is 2.24. The summed E-state index contributed by atoms with van der Waals surface area (Å²) >= 11 is 7.88. The van der Waals surface area contributed by atoms with Crippen LogP contribution in [0.5, 0.6) is 23.0 Å². The van der Waals surface area contributed by atoms with E-state index in [1.165, 1.54) is 17.3 Å². The highest BCUT2D eigenvalue weighted by atomic mass is 35.5. The minimum absolute atomic E-state index is 0.215. The lowest BCUT2D eigenvalue weighted by Gasteiger charge is -2.15. The Morgan fingerprint density at radius 2 is 1.81 bits per heavy atom. The third-order valence-corrected chi connectivity index (χ3v) is 6.87. The molecule has 1 saturated heterocycles. The molecular weight excluding hydrogens is 512 g/mol. The number of amides is 1. The van der Waals surface area contributed by atoms with E-state index in [2.05, 4.69) is 17.2 Å². The van der Waals surface area contributed by atoms with Crippen LogP contribution in [0.4, 0.5) is 5.69 Å². The van der Waals surface area contributed by atoms with Crippen LogP contribution in [-0.4, -0.2) is 24.5 Å². The number of amidine groups is 1. The van der Waals surface area contributed by atoms with Crippen molar-refractivity contribution >= 4 is 46.2 Å². The molecular formula is C28H25ClN2O5S. The molecule has 1 N–H and O–H groups in total. The molecule has 9 heteroatoms. The Morgan fingerprint density at radius 1 is 1.03 bits per heavy atom. The van der Waals surface area contributed by atoms with E-state index in [1.54, 1.807) is 12.1 Å². The molecule has 5 rings (SSSR count). The SMILES string of the molecule is CCOc1cc(/C=C2\SC(=Nc3ccc(CC)cc3)NC2=O)cc(Cl)c1OCc1ccc2c(c1)OCO2. The van der Waals surface area contributed by atoms with Gasteiger partial charge >= 0.3 is 0 Å². The van der Waals surface area contributed by atoms with Crippen molar-refractivity contribution in [1.82, 2.24) is 5.32 Å². The maximum Gasteiger partial charge on any atom is 0.264 e. The second kappa shape index (κ2) is 11.2. The Kier molecular flexibility index (Phi) is 7.58. The first-order chi connectivity index (χ1) is 18.0. The summed E-state index contributed by atoms with van der Waals surface area (Å²) in [6, 6.07) is 17.1. The third kappa shape index (κ3) is 5.87. The number of aryl methyl sites for hydroxylation is 1. The fraction of sp³-hybridized carbons (Fsp3) is 0.214. The lowest BCUT2D eigenvalue weighted by molar-refractivity contribution is -0.115. The van der Waals surface area contributed by atoms with Crippen LogP contribution in [0.15, 0.2) is 64.5 Å². The van der Waals surface area contributed by atoms with Crippen molar-refractivity contribution in [2.45, 2.75) is 26.9 Å². The minimum Gasteiger partial charge on any atom is -0.490 e. The predicted octanol–water partition coefficient (Wildman–Crippen LogP) is 6.50. The molecule has 0 spiro atoms. The van der Waals surface area contributed by atoms with E-state index in [4.69, 9.17) is 30.5 Å². The van der Waals surface area contributed by atoms with Gasteiger partial charge in [-0.3, -0.25) is 4.79 Å². The number of nitrogens with one attached hydrogen (secondary N) is 1. The van der Waals surface area contributed by atoms with Crippen molar-refractivity contribution in [1.29, 1.82) is 0 Å². The van der Waals surface area contributed by atoms with Crippen molar-refractivity contribution in [3.05, 3.63) is 81.2 Å². The van der Waals surface area contributed by atoms with Gasteiger partial charge in [-0.1, -0.05) is 36.7 Å². The molecule has 37 heavy (non-hydrogen) atoms. The number of carbonyl (C=O) groups excluding carboxylic acids is 1. The second-order valence-corrected chi connectivity index (χ2v) is 9.68. The van der Waals surface area contributed by atoms with Crippen molar-refractivity contribution in [3.8, 4) is 23.0 Å². The predicted molar refractivity (Wildman–Crippen MR) is 146 cm³/mol. The Morgan fingerprint density at radius 3 is 2.59 bits per heavy atom. The molecule has 2 aliphatic heterocycles. The molecule has 0 bridgehead atoms. The number of rotatable bonds is 8. The normalized spacial score (nSPS) is 16.4. The van der Waals surface area contributed by atoms with Gasteiger partial charge in [0.2, 0.25) is 6.79 Å². The Labute approximate surface area is 224 Å². The van der Waals surface area contributed by atoms with Crippen LogP contribution in [0.25, 0.3) is 6.08 Å². The van der Waals surface area contributed by atoms with Crippen LogP contribution in [0.2, 0.25) is 5.02 Å². The van der Waals surface area contributed by atoms with Crippen molar-refractivity contribution in [2.75, 3.05) is 13.4 Å². The number of aliphatic imine (C=N–C) groups is 1. The highest BCUT2D eigenvalue weighted by Crippen LogP contribution is 2.39. The molecule has 1 fully saturated rings. The van der Waals surface area contributed by atoms with Crippen molar-refractivity contribution in [3.63, 3.8) is 0 Å². The molecule has 3 aromatic rings. The summed E-state index contributed by atoms with van der Waals surface area (Å²) in [5.74, 6) is 2.12. The van der Waals surface area contributed by atoms with Gasteiger partial charge in [0, 0.05) is 0 Å². The van der Waals surface area contributed by atoms with Gasteiger partial charge in [0.25, 0.3) is 5.91 Å². The van der Waals surface area contributed by atoms with Crippen molar-refractivity contribution in [2.24, 2.45) is 4.99 Å². The molecule has 2 heterocycles.